The normalized spacial score (nSPS) is 15.0. The molecule has 0 unspecified atom stereocenters. The third-order valence-electron chi connectivity index (χ3n) is 11.8. The van der Waals surface area contributed by atoms with E-state index >= 15 is 0 Å². The Morgan fingerprint density at radius 2 is 1.24 bits per heavy atom. The van der Waals surface area contributed by atoms with Crippen LogP contribution in [0.25, 0.3) is 11.1 Å². The van der Waals surface area contributed by atoms with Gasteiger partial charge in [0.1, 0.15) is 38.8 Å². The van der Waals surface area contributed by atoms with Gasteiger partial charge >= 0.3 is 29.8 Å². The lowest BCUT2D eigenvalue weighted by Gasteiger charge is -2.31. The standard InChI is InChI=1S/C50H72O13/c1-8-11-12-13-14-16-37-18-20-39(21-19-37)40-22-24-43(38(9-2)31-40)41-23-25-44(42(32-41)17-15-26-58-45(51)36(4)5)61-33-50(10-3,34-62-48(54)46(52)59-29-27-56-6)35-63-49(55)47(53)60-30-28-57-7/h22-25,31-32,37,39H,4,8-21,26-30,33-35H2,1-3,5-7H3. The third-order valence-corrected chi connectivity index (χ3v) is 11.8. The number of methoxy groups -OCH3 is 2. The van der Waals surface area contributed by atoms with Crippen molar-refractivity contribution in [2.75, 3.05) is 67.1 Å². The summed E-state index contributed by atoms with van der Waals surface area (Å²) >= 11 is 0. The van der Waals surface area contributed by atoms with Crippen molar-refractivity contribution in [1.82, 2.24) is 0 Å². The second-order valence-electron chi connectivity index (χ2n) is 16.6. The van der Waals surface area contributed by atoms with E-state index in [1.54, 1.807) is 13.8 Å². The SMILES string of the molecule is C=C(C)C(=O)OCCCc1cc(-c2ccc(C3CCC(CCCCCCC)CC3)cc2CC)ccc1OCC(CC)(COC(=O)C(=O)OCCOC)COC(=O)C(=O)OCCOC. The molecule has 0 aromatic heterocycles. The van der Waals surface area contributed by atoms with Crippen molar-refractivity contribution >= 4 is 29.8 Å². The zero-order valence-corrected chi connectivity index (χ0v) is 38.7. The van der Waals surface area contributed by atoms with Gasteiger partial charge in [0.15, 0.2) is 0 Å². The molecule has 0 N–H and O–H groups in total. The number of carbonyl (C=O) groups is 5. The van der Waals surface area contributed by atoms with Gasteiger partial charge in [-0.25, -0.2) is 24.0 Å². The molecule has 0 atom stereocenters. The highest BCUT2D eigenvalue weighted by atomic mass is 16.6. The molecule has 2 aromatic rings. The minimum absolute atomic E-state index is 0.0882. The van der Waals surface area contributed by atoms with Gasteiger partial charge in [0, 0.05) is 19.8 Å². The molecule has 0 heterocycles. The summed E-state index contributed by atoms with van der Waals surface area (Å²) in [6.45, 7) is 10.5. The van der Waals surface area contributed by atoms with Gasteiger partial charge in [0.25, 0.3) is 0 Å². The molecule has 0 radical (unpaired) electrons. The highest BCUT2D eigenvalue weighted by molar-refractivity contribution is 6.30. The minimum Gasteiger partial charge on any atom is -0.492 e. The Morgan fingerprint density at radius 1 is 0.635 bits per heavy atom. The smallest absolute Gasteiger partial charge is 0.417 e. The van der Waals surface area contributed by atoms with E-state index in [4.69, 9.17) is 37.9 Å². The van der Waals surface area contributed by atoms with Gasteiger partial charge < -0.3 is 37.9 Å². The van der Waals surface area contributed by atoms with E-state index in [9.17, 15) is 24.0 Å². The molecule has 0 spiro atoms. The fourth-order valence-electron chi connectivity index (χ4n) is 7.67. The van der Waals surface area contributed by atoms with Crippen LogP contribution in [0, 0.1) is 11.3 Å². The van der Waals surface area contributed by atoms with Crippen LogP contribution in [0.3, 0.4) is 0 Å². The van der Waals surface area contributed by atoms with Crippen LogP contribution < -0.4 is 4.74 Å². The number of ether oxygens (including phenoxy) is 8. The highest BCUT2D eigenvalue weighted by Gasteiger charge is 2.36. The summed E-state index contributed by atoms with van der Waals surface area (Å²) in [4.78, 5) is 62.1. The number of hydrogen-bond acceptors (Lipinski definition) is 13. The summed E-state index contributed by atoms with van der Waals surface area (Å²) in [7, 11) is 2.85. The average Bonchev–Trinajstić information content (AvgIpc) is 3.30. The summed E-state index contributed by atoms with van der Waals surface area (Å²) < 4.78 is 42.2. The maximum Gasteiger partial charge on any atom is 0.417 e. The monoisotopic (exact) mass is 880 g/mol. The van der Waals surface area contributed by atoms with Crippen molar-refractivity contribution in [3.05, 3.63) is 65.2 Å². The molecule has 1 aliphatic rings. The van der Waals surface area contributed by atoms with Crippen LogP contribution in [0.15, 0.2) is 48.6 Å². The number of aryl methyl sites for hydroxylation is 2. The summed E-state index contributed by atoms with van der Waals surface area (Å²) in [5, 5.41) is 0. The van der Waals surface area contributed by atoms with Crippen molar-refractivity contribution in [2.24, 2.45) is 11.3 Å². The van der Waals surface area contributed by atoms with E-state index in [-0.39, 0.29) is 46.1 Å². The molecule has 3 rings (SSSR count). The Labute approximate surface area is 374 Å². The minimum atomic E-state index is -1.25. The quantitative estimate of drug-likeness (QED) is 0.0263. The first-order chi connectivity index (χ1) is 30.4. The number of benzene rings is 2. The zero-order chi connectivity index (χ0) is 46.0. The number of unbranched alkanes of at least 4 members (excludes halogenated alkanes) is 4. The number of esters is 5. The molecule has 13 nitrogen and oxygen atoms in total. The van der Waals surface area contributed by atoms with Crippen LogP contribution in [0.4, 0.5) is 0 Å². The van der Waals surface area contributed by atoms with E-state index in [0.717, 1.165) is 29.0 Å². The van der Waals surface area contributed by atoms with E-state index in [1.807, 2.05) is 12.1 Å². The summed E-state index contributed by atoms with van der Waals surface area (Å²) in [6, 6.07) is 12.8. The van der Waals surface area contributed by atoms with Gasteiger partial charge in [-0.15, -0.1) is 0 Å². The second kappa shape index (κ2) is 28.8. The van der Waals surface area contributed by atoms with Gasteiger partial charge in [-0.3, -0.25) is 0 Å². The van der Waals surface area contributed by atoms with Crippen molar-refractivity contribution < 1.29 is 61.9 Å². The van der Waals surface area contributed by atoms with Crippen LogP contribution >= 0.6 is 0 Å². The summed E-state index contributed by atoms with van der Waals surface area (Å²) in [6.07, 6.45) is 15.1. The molecule has 1 fully saturated rings. The molecule has 1 aliphatic carbocycles. The molecule has 13 heteroatoms. The van der Waals surface area contributed by atoms with Crippen LogP contribution in [0.2, 0.25) is 0 Å². The first-order valence-corrected chi connectivity index (χ1v) is 22.8. The predicted molar refractivity (Wildman–Crippen MR) is 239 cm³/mol. The molecule has 350 valence electrons. The Morgan fingerprint density at radius 3 is 1.81 bits per heavy atom. The predicted octanol–water partition coefficient (Wildman–Crippen LogP) is 8.84. The van der Waals surface area contributed by atoms with Crippen molar-refractivity contribution in [3.63, 3.8) is 0 Å². The molecule has 0 aliphatic heterocycles. The molecule has 2 aromatic carbocycles. The zero-order valence-electron chi connectivity index (χ0n) is 38.7. The highest BCUT2D eigenvalue weighted by Crippen LogP contribution is 2.40. The molecule has 0 amide bonds. The summed E-state index contributed by atoms with van der Waals surface area (Å²) in [5.41, 5.74) is 4.73. The molecule has 1 saturated carbocycles. The first kappa shape index (κ1) is 52.6. The van der Waals surface area contributed by atoms with Crippen LogP contribution in [-0.2, 0) is 70.0 Å². The van der Waals surface area contributed by atoms with Crippen molar-refractivity contribution in [3.8, 4) is 16.9 Å². The average molecular weight is 881 g/mol. The van der Waals surface area contributed by atoms with Gasteiger partial charge in [0.2, 0.25) is 0 Å². The summed E-state index contributed by atoms with van der Waals surface area (Å²) in [5.74, 6) is -3.47. The molecule has 0 saturated heterocycles. The molecule has 63 heavy (non-hydrogen) atoms. The van der Waals surface area contributed by atoms with Crippen molar-refractivity contribution in [1.29, 1.82) is 0 Å². The number of rotatable bonds is 28. The maximum absolute atomic E-state index is 12.7. The van der Waals surface area contributed by atoms with Crippen LogP contribution in [0.1, 0.15) is 127 Å². The molecule has 0 bridgehead atoms. The van der Waals surface area contributed by atoms with E-state index < -0.39 is 48.5 Å². The Bertz CT molecular complexity index is 1720. The topological polar surface area (TPSA) is 159 Å². The number of carbonyl (C=O) groups excluding carboxylic acids is 5. The molecular formula is C50H72O13. The van der Waals surface area contributed by atoms with Gasteiger partial charge in [0.05, 0.1) is 25.2 Å². The second-order valence-corrected chi connectivity index (χ2v) is 16.6. The van der Waals surface area contributed by atoms with E-state index in [0.29, 0.717) is 30.1 Å². The third kappa shape index (κ3) is 18.1. The lowest BCUT2D eigenvalue weighted by Crippen LogP contribution is -2.41. The lowest BCUT2D eigenvalue weighted by molar-refractivity contribution is -0.176. The Kier molecular flexibility index (Phi) is 24.1. The van der Waals surface area contributed by atoms with Gasteiger partial charge in [-0.05, 0) is 110 Å². The van der Waals surface area contributed by atoms with E-state index in [1.165, 1.54) is 89.6 Å². The molecular weight excluding hydrogens is 809 g/mol. The lowest BCUT2D eigenvalue weighted by atomic mass is 9.76. The van der Waals surface area contributed by atoms with Crippen LogP contribution in [-0.4, -0.2) is 96.9 Å². The van der Waals surface area contributed by atoms with Crippen molar-refractivity contribution in [2.45, 2.75) is 124 Å². The van der Waals surface area contributed by atoms with Gasteiger partial charge in [-0.1, -0.05) is 90.1 Å². The fourth-order valence-corrected chi connectivity index (χ4v) is 7.67. The first-order valence-electron chi connectivity index (χ1n) is 22.8. The Balaban J connectivity index is 1.87. The largest absolute Gasteiger partial charge is 0.492 e. The van der Waals surface area contributed by atoms with Crippen LogP contribution in [0.5, 0.6) is 5.75 Å². The van der Waals surface area contributed by atoms with Gasteiger partial charge in [-0.2, -0.15) is 0 Å². The Hall–Kier alpha value is -4.75. The van der Waals surface area contributed by atoms with E-state index in [2.05, 4.69) is 44.7 Å². The number of hydrogen-bond donors (Lipinski definition) is 0. The fraction of sp³-hybridized carbons (Fsp3) is 0.620. The maximum atomic E-state index is 12.7.